The van der Waals surface area contributed by atoms with Crippen molar-refractivity contribution in [1.29, 1.82) is 0 Å². The monoisotopic (exact) mass is 500 g/mol. The van der Waals surface area contributed by atoms with Crippen LogP contribution >= 0.6 is 0 Å². The molecule has 0 saturated carbocycles. The molecule has 0 radical (unpaired) electrons. The number of aromatic nitrogens is 2. The van der Waals surface area contributed by atoms with E-state index in [1.54, 1.807) is 0 Å². The number of ketones is 2. The van der Waals surface area contributed by atoms with Crippen LogP contribution in [-0.4, -0.2) is 57.8 Å². The Morgan fingerprint density at radius 2 is 1.94 bits per heavy atom. The maximum Gasteiger partial charge on any atom is 0.287 e. The number of carbonyl (C=O) groups excluding carboxylic acids is 6. The zero-order chi connectivity index (χ0) is 26.8. The highest BCUT2D eigenvalue weighted by molar-refractivity contribution is 6.36. The van der Waals surface area contributed by atoms with Gasteiger partial charge < -0.3 is 30.3 Å². The van der Waals surface area contributed by atoms with Gasteiger partial charge in [-0.3, -0.25) is 33.6 Å². The molecule has 1 atom stereocenters. The van der Waals surface area contributed by atoms with Crippen molar-refractivity contribution in [1.82, 2.24) is 25.5 Å². The van der Waals surface area contributed by atoms with Gasteiger partial charge in [-0.25, -0.2) is 4.98 Å². The number of pyridine rings is 1. The third kappa shape index (κ3) is 7.31. The van der Waals surface area contributed by atoms with Crippen LogP contribution in [0.1, 0.15) is 40.9 Å². The molecule has 0 aliphatic heterocycles. The van der Waals surface area contributed by atoms with Crippen molar-refractivity contribution >= 4 is 40.9 Å². The number of oxazole rings is 1. The van der Waals surface area contributed by atoms with Crippen LogP contribution < -0.4 is 26.8 Å². The molecular weight excluding hydrogens is 476 g/mol. The number of hydrogen-bond donors (Lipinski definition) is 4. The molecule has 14 nitrogen and oxygen atoms in total. The average Bonchev–Trinajstić information content (AvgIpc) is 3.34. The molecule has 0 saturated heterocycles. The molecule has 0 bridgehead atoms. The maximum absolute atomic E-state index is 13.0. The number of Topliss-reactive ketones (excluding diaryl/α,β-unsaturated/α-hetero) is 2. The van der Waals surface area contributed by atoms with Crippen LogP contribution in [-0.2, 0) is 25.7 Å². The average molecular weight is 500 g/mol. The molecular formula is C22H24N6O8. The van der Waals surface area contributed by atoms with E-state index in [-0.39, 0.29) is 30.2 Å². The summed E-state index contributed by atoms with van der Waals surface area (Å²) in [6.07, 6.45) is 2.70. The molecule has 0 aromatic carbocycles. The van der Waals surface area contributed by atoms with Crippen molar-refractivity contribution in [3.05, 3.63) is 59.3 Å². The van der Waals surface area contributed by atoms with Crippen molar-refractivity contribution < 1.29 is 33.2 Å². The highest BCUT2D eigenvalue weighted by Gasteiger charge is 2.26. The lowest BCUT2D eigenvalue weighted by Crippen LogP contribution is -2.45. The van der Waals surface area contributed by atoms with E-state index < -0.39 is 53.2 Å². The van der Waals surface area contributed by atoms with Crippen LogP contribution in [0.3, 0.4) is 0 Å². The van der Waals surface area contributed by atoms with Crippen molar-refractivity contribution in [3.63, 3.8) is 0 Å². The normalized spacial score (nSPS) is 11.1. The van der Waals surface area contributed by atoms with E-state index in [1.165, 1.54) is 32.3 Å². The van der Waals surface area contributed by atoms with Gasteiger partial charge in [0.1, 0.15) is 24.5 Å². The van der Waals surface area contributed by atoms with Gasteiger partial charge in [0.05, 0.1) is 0 Å². The Bertz CT molecular complexity index is 1260. The first-order valence-corrected chi connectivity index (χ1v) is 10.5. The number of hydrogen-bond acceptors (Lipinski definition) is 9. The fraction of sp³-hybridized carbons (Fsp3) is 0.273. The topological polar surface area (TPSA) is 199 Å². The van der Waals surface area contributed by atoms with Gasteiger partial charge in [-0.05, 0) is 24.8 Å². The number of likely N-dealkylation sites (N-methyl/N-ethyl adjacent to an activating group) is 1. The van der Waals surface area contributed by atoms with Gasteiger partial charge in [0.25, 0.3) is 23.3 Å². The highest BCUT2D eigenvalue weighted by Crippen LogP contribution is 2.08. The summed E-state index contributed by atoms with van der Waals surface area (Å²) in [5.74, 6) is -4.86. The van der Waals surface area contributed by atoms with Crippen molar-refractivity contribution in [2.45, 2.75) is 32.4 Å². The second kappa shape index (κ2) is 12.5. The van der Waals surface area contributed by atoms with Crippen LogP contribution in [0.25, 0.3) is 0 Å². The summed E-state index contributed by atoms with van der Waals surface area (Å²) in [6, 6.07) is 1.31. The molecule has 2 rings (SSSR count). The molecule has 2 aromatic rings. The van der Waals surface area contributed by atoms with Gasteiger partial charge in [0.2, 0.25) is 23.4 Å². The lowest BCUT2D eigenvalue weighted by Gasteiger charge is -2.18. The van der Waals surface area contributed by atoms with Gasteiger partial charge in [-0.1, -0.05) is 6.58 Å². The number of nitrogens with one attached hydrogen (secondary N) is 4. The van der Waals surface area contributed by atoms with E-state index in [9.17, 15) is 33.6 Å². The summed E-state index contributed by atoms with van der Waals surface area (Å²) in [5, 5.41) is 9.18. The highest BCUT2D eigenvalue weighted by atomic mass is 16.3. The Morgan fingerprint density at radius 3 is 2.56 bits per heavy atom. The van der Waals surface area contributed by atoms with Crippen LogP contribution in [0.5, 0.6) is 0 Å². The summed E-state index contributed by atoms with van der Waals surface area (Å²) in [5.41, 5.74) is -1.21. The Morgan fingerprint density at radius 1 is 1.22 bits per heavy atom. The summed E-state index contributed by atoms with van der Waals surface area (Å²) in [6.45, 7) is 4.19. The maximum atomic E-state index is 13.0. The van der Waals surface area contributed by atoms with E-state index >= 15 is 0 Å². The molecule has 2 aromatic heterocycles. The minimum Gasteiger partial charge on any atom is -0.441 e. The van der Waals surface area contributed by atoms with Crippen molar-refractivity contribution in [2.75, 3.05) is 12.4 Å². The fourth-order valence-corrected chi connectivity index (χ4v) is 2.86. The zero-order valence-electron chi connectivity index (χ0n) is 19.5. The predicted octanol–water partition coefficient (Wildman–Crippen LogP) is -0.869. The SMILES string of the molecule is C=CNC(=O)Cn1cccc(NC(=O)C(CCC(=O)C(=O)NC)NC(=O)c2coc(C(C)=O)n2)c1=O. The first kappa shape index (κ1) is 27.4. The molecule has 0 aliphatic carbocycles. The standard InChI is InChI=1S/C22H24N6O8/c1-4-24-17(31)10-28-9-5-6-14(22(28)35)26-18(32)13(7-8-16(30)20(34)23-3)25-19(33)15-11-36-21(27-15)12(2)29/h4-6,9,11,13H,1,7-8,10H2,2-3H3,(H,23,34)(H,24,31)(H,25,33)(H,26,32). The summed E-state index contributed by atoms with van der Waals surface area (Å²) in [7, 11) is 1.26. The molecule has 0 spiro atoms. The minimum atomic E-state index is -1.39. The summed E-state index contributed by atoms with van der Waals surface area (Å²) < 4.78 is 5.93. The Kier molecular flexibility index (Phi) is 9.54. The summed E-state index contributed by atoms with van der Waals surface area (Å²) in [4.78, 5) is 88.5. The van der Waals surface area contributed by atoms with E-state index in [0.717, 1.165) is 17.0 Å². The van der Waals surface area contributed by atoms with E-state index in [1.807, 2.05) is 0 Å². The number of anilines is 1. The van der Waals surface area contributed by atoms with Crippen molar-refractivity contribution in [2.24, 2.45) is 0 Å². The number of nitrogens with zero attached hydrogens (tertiary/aromatic N) is 2. The first-order chi connectivity index (χ1) is 17.1. The van der Waals surface area contributed by atoms with E-state index in [0.29, 0.717) is 0 Å². The van der Waals surface area contributed by atoms with Crippen LogP contribution in [0.15, 0.2) is 46.6 Å². The molecule has 4 amide bonds. The van der Waals surface area contributed by atoms with Gasteiger partial charge in [0.15, 0.2) is 5.69 Å². The van der Waals surface area contributed by atoms with E-state index in [2.05, 4.69) is 32.8 Å². The van der Waals surface area contributed by atoms with Gasteiger partial charge >= 0.3 is 0 Å². The second-order valence-corrected chi connectivity index (χ2v) is 7.28. The number of rotatable bonds is 12. The molecule has 0 aliphatic rings. The Balaban J connectivity index is 2.24. The predicted molar refractivity (Wildman–Crippen MR) is 124 cm³/mol. The first-order valence-electron chi connectivity index (χ1n) is 10.5. The molecule has 14 heteroatoms. The number of amides is 4. The third-order valence-corrected chi connectivity index (χ3v) is 4.66. The molecule has 2 heterocycles. The molecule has 4 N–H and O–H groups in total. The fourth-order valence-electron chi connectivity index (χ4n) is 2.86. The van der Waals surface area contributed by atoms with Gasteiger partial charge in [0, 0.05) is 26.6 Å². The number of carbonyl (C=O) groups is 6. The molecule has 190 valence electrons. The largest absolute Gasteiger partial charge is 0.441 e. The van der Waals surface area contributed by atoms with Crippen molar-refractivity contribution in [3.8, 4) is 0 Å². The van der Waals surface area contributed by atoms with Gasteiger partial charge in [-0.15, -0.1) is 0 Å². The third-order valence-electron chi connectivity index (χ3n) is 4.66. The quantitative estimate of drug-likeness (QED) is 0.211. The Labute approximate surface area is 204 Å². The lowest BCUT2D eigenvalue weighted by atomic mass is 10.1. The minimum absolute atomic E-state index is 0.203. The second-order valence-electron chi connectivity index (χ2n) is 7.28. The van der Waals surface area contributed by atoms with Crippen LogP contribution in [0, 0.1) is 0 Å². The van der Waals surface area contributed by atoms with E-state index in [4.69, 9.17) is 4.42 Å². The van der Waals surface area contributed by atoms with Crippen LogP contribution in [0.2, 0.25) is 0 Å². The summed E-state index contributed by atoms with van der Waals surface area (Å²) >= 11 is 0. The smallest absolute Gasteiger partial charge is 0.287 e. The van der Waals surface area contributed by atoms with Gasteiger partial charge in [-0.2, -0.15) is 0 Å². The zero-order valence-corrected chi connectivity index (χ0v) is 19.5. The molecule has 36 heavy (non-hydrogen) atoms. The molecule has 0 fully saturated rings. The lowest BCUT2D eigenvalue weighted by molar-refractivity contribution is -0.137. The Hall–Kier alpha value is -4.88. The molecule has 1 unspecified atom stereocenters. The van der Waals surface area contributed by atoms with Crippen LogP contribution in [0.4, 0.5) is 5.69 Å².